The molecule has 1 aliphatic heterocycles. The number of nitrogens with zero attached hydrogens (tertiary/aromatic N) is 2. The van der Waals surface area contributed by atoms with Gasteiger partial charge in [-0.05, 0) is 42.5 Å². The molecule has 0 saturated carbocycles. The Kier molecular flexibility index (Phi) is 6.90. The lowest BCUT2D eigenvalue weighted by molar-refractivity contribution is -0.140. The van der Waals surface area contributed by atoms with Crippen molar-refractivity contribution in [3.63, 3.8) is 0 Å². The molecule has 0 fully saturated rings. The molecule has 166 valence electrons. The molecule has 2 aromatic heterocycles. The molecule has 1 aliphatic rings. The van der Waals surface area contributed by atoms with E-state index in [1.54, 1.807) is 5.38 Å². The van der Waals surface area contributed by atoms with E-state index < -0.39 is 23.9 Å². The minimum atomic E-state index is -1.28. The lowest BCUT2D eigenvalue weighted by Gasteiger charge is -2.25. The van der Waals surface area contributed by atoms with Gasteiger partial charge in [-0.1, -0.05) is 0 Å². The number of anilines is 2. The van der Waals surface area contributed by atoms with Crippen molar-refractivity contribution in [3.05, 3.63) is 27.5 Å². The first kappa shape index (κ1) is 22.3. The molecule has 3 rings (SSSR count). The molecule has 31 heavy (non-hydrogen) atoms. The monoisotopic (exact) mass is 449 g/mol. The van der Waals surface area contributed by atoms with E-state index in [0.717, 1.165) is 5.56 Å². The lowest BCUT2D eigenvalue weighted by Crippen LogP contribution is -2.41. The van der Waals surface area contributed by atoms with Gasteiger partial charge in [-0.3, -0.25) is 9.59 Å². The van der Waals surface area contributed by atoms with Crippen molar-refractivity contribution >= 4 is 40.9 Å². The third-order valence-electron chi connectivity index (χ3n) is 5.11. The second-order valence-electron chi connectivity index (χ2n) is 7.33. The van der Waals surface area contributed by atoms with E-state index in [0.29, 0.717) is 42.8 Å². The van der Waals surface area contributed by atoms with E-state index in [9.17, 15) is 24.6 Å². The molecule has 1 unspecified atom stereocenters. The van der Waals surface area contributed by atoms with Crippen LogP contribution < -0.4 is 16.4 Å². The van der Waals surface area contributed by atoms with Gasteiger partial charge in [-0.2, -0.15) is 21.3 Å². The molecule has 0 radical (unpaired) electrons. The van der Waals surface area contributed by atoms with Crippen LogP contribution in [0, 0.1) is 5.92 Å². The predicted molar refractivity (Wildman–Crippen MR) is 112 cm³/mol. The minimum Gasteiger partial charge on any atom is -0.493 e. The van der Waals surface area contributed by atoms with Crippen molar-refractivity contribution in [1.29, 1.82) is 0 Å². The number of fused-ring (bicyclic) bond motifs is 1. The smallest absolute Gasteiger partial charge is 0.326 e. The summed E-state index contributed by atoms with van der Waals surface area (Å²) in [6.07, 6.45) is 1.31. The van der Waals surface area contributed by atoms with Gasteiger partial charge in [-0.15, -0.1) is 0 Å². The summed E-state index contributed by atoms with van der Waals surface area (Å²) in [7, 11) is 0. The number of hydrogen-bond donors (Lipinski definition) is 6. The molecule has 1 amide bonds. The Morgan fingerprint density at radius 2 is 2.06 bits per heavy atom. The van der Waals surface area contributed by atoms with E-state index in [1.807, 2.05) is 5.38 Å². The summed E-state index contributed by atoms with van der Waals surface area (Å²) in [4.78, 5) is 42.5. The van der Waals surface area contributed by atoms with Crippen LogP contribution in [0.25, 0.3) is 0 Å². The number of rotatable bonds is 9. The van der Waals surface area contributed by atoms with Crippen LogP contribution >= 0.6 is 11.3 Å². The number of carbonyl (C=O) groups excluding carboxylic acids is 1. The Morgan fingerprint density at radius 1 is 1.29 bits per heavy atom. The van der Waals surface area contributed by atoms with Crippen LogP contribution in [0.2, 0.25) is 0 Å². The number of aliphatic carboxylic acids is 2. The van der Waals surface area contributed by atoms with E-state index in [4.69, 9.17) is 10.8 Å². The maximum atomic E-state index is 12.6. The van der Waals surface area contributed by atoms with Gasteiger partial charge in [0.25, 0.3) is 5.91 Å². The fourth-order valence-corrected chi connectivity index (χ4v) is 4.34. The standard InChI is InChI=1S/C19H23N5O6S/c20-19-23-15-11(16(27)24-19)5-9(6-21-15)1-2-10-7-31-8-12(10)17(28)22-13(18(29)30)3-4-14(25)26/h7-9,13H,1-6H2,(H,22,28)(H,25,26)(H,29,30)(H4,20,21,23,24,27)/t9?,13-/m0/s1. The molecule has 12 heteroatoms. The van der Waals surface area contributed by atoms with E-state index in [1.165, 1.54) is 11.3 Å². The fourth-order valence-electron chi connectivity index (χ4n) is 3.47. The van der Waals surface area contributed by atoms with Crippen LogP contribution in [-0.2, 0) is 22.4 Å². The van der Waals surface area contributed by atoms with Crippen molar-refractivity contribution in [1.82, 2.24) is 15.3 Å². The average molecular weight is 449 g/mol. The number of nitrogens with two attached hydrogens (primary N) is 1. The summed E-state index contributed by atoms with van der Waals surface area (Å²) in [5.41, 5.74) is 7.32. The highest BCUT2D eigenvalue weighted by Gasteiger charge is 2.26. The number of nitrogens with one attached hydrogen (secondary N) is 2. The predicted octanol–water partition coefficient (Wildman–Crippen LogP) is 1.09. The molecule has 0 bridgehead atoms. The molecular weight excluding hydrogens is 426 g/mol. The van der Waals surface area contributed by atoms with Gasteiger partial charge in [0.05, 0.1) is 11.1 Å². The van der Waals surface area contributed by atoms with E-state index in [2.05, 4.69) is 20.6 Å². The number of carboxylic acids is 2. The van der Waals surface area contributed by atoms with Gasteiger partial charge >= 0.3 is 11.9 Å². The summed E-state index contributed by atoms with van der Waals surface area (Å²) in [6, 6.07) is -1.27. The zero-order chi connectivity index (χ0) is 22.5. The molecule has 2 aromatic rings. The molecule has 0 aromatic carbocycles. The van der Waals surface area contributed by atoms with Crippen molar-refractivity contribution in [3.8, 4) is 5.88 Å². The Balaban J connectivity index is 1.61. The topological polar surface area (TPSA) is 188 Å². The zero-order valence-electron chi connectivity index (χ0n) is 16.5. The number of amides is 1. The molecule has 2 atom stereocenters. The van der Waals surface area contributed by atoms with E-state index in [-0.39, 0.29) is 30.6 Å². The first-order valence-corrected chi connectivity index (χ1v) is 10.6. The van der Waals surface area contributed by atoms with Crippen LogP contribution in [0.15, 0.2) is 10.8 Å². The maximum Gasteiger partial charge on any atom is 0.326 e. The Morgan fingerprint density at radius 3 is 2.77 bits per heavy atom. The average Bonchev–Trinajstić information content (AvgIpc) is 3.18. The van der Waals surface area contributed by atoms with Crippen molar-refractivity contribution in [2.45, 2.75) is 38.1 Å². The third-order valence-corrected chi connectivity index (χ3v) is 5.90. The molecule has 7 N–H and O–H groups in total. The minimum absolute atomic E-state index is 0.000790. The van der Waals surface area contributed by atoms with Crippen LogP contribution in [0.1, 0.15) is 40.7 Å². The molecular formula is C19H23N5O6S. The SMILES string of the molecule is Nc1nc(O)c2c(n1)NCC(CCc1cscc1C(=O)N[C@@H](CCC(=O)O)C(=O)O)C2. The number of carbonyl (C=O) groups is 3. The Hall–Kier alpha value is -3.41. The van der Waals surface area contributed by atoms with Gasteiger partial charge in [0.15, 0.2) is 0 Å². The number of nitrogen functional groups attached to an aromatic ring is 1. The summed E-state index contributed by atoms with van der Waals surface area (Å²) in [5.74, 6) is -2.39. The van der Waals surface area contributed by atoms with Gasteiger partial charge in [0.2, 0.25) is 11.8 Å². The number of aryl methyl sites for hydroxylation is 1. The van der Waals surface area contributed by atoms with Crippen LogP contribution in [-0.4, -0.2) is 55.7 Å². The largest absolute Gasteiger partial charge is 0.493 e. The molecule has 0 aliphatic carbocycles. The van der Waals surface area contributed by atoms with Crippen molar-refractivity contribution < 1.29 is 29.7 Å². The third kappa shape index (κ3) is 5.60. The second-order valence-corrected chi connectivity index (χ2v) is 8.07. The van der Waals surface area contributed by atoms with Crippen molar-refractivity contribution in [2.24, 2.45) is 5.92 Å². The highest BCUT2D eigenvalue weighted by atomic mass is 32.1. The molecule has 11 nitrogen and oxygen atoms in total. The number of hydrogen-bond acceptors (Lipinski definition) is 9. The first-order valence-electron chi connectivity index (χ1n) is 9.64. The number of thiophene rings is 1. The number of aromatic hydroxyl groups is 1. The normalized spacial score (nSPS) is 16.1. The summed E-state index contributed by atoms with van der Waals surface area (Å²) in [5, 5.41) is 37.1. The van der Waals surface area contributed by atoms with Crippen LogP contribution in [0.4, 0.5) is 11.8 Å². The quantitative estimate of drug-likeness (QED) is 0.323. The van der Waals surface area contributed by atoms with E-state index >= 15 is 0 Å². The van der Waals surface area contributed by atoms with Crippen molar-refractivity contribution in [2.75, 3.05) is 17.6 Å². The Bertz CT molecular complexity index is 994. The number of carboxylic acid groups (broad SMARTS) is 2. The highest BCUT2D eigenvalue weighted by Crippen LogP contribution is 2.32. The molecule has 0 saturated heterocycles. The summed E-state index contributed by atoms with van der Waals surface area (Å²) in [6.45, 7) is 0.630. The highest BCUT2D eigenvalue weighted by molar-refractivity contribution is 7.08. The molecule has 3 heterocycles. The fraction of sp³-hybridized carbons (Fsp3) is 0.421. The van der Waals surface area contributed by atoms with Gasteiger partial charge in [0.1, 0.15) is 11.9 Å². The Labute approximate surface area is 181 Å². The van der Waals surface area contributed by atoms with Crippen LogP contribution in [0.5, 0.6) is 5.88 Å². The van der Waals surface area contributed by atoms with Crippen LogP contribution in [0.3, 0.4) is 0 Å². The maximum absolute atomic E-state index is 12.6. The molecule has 0 spiro atoms. The number of aromatic nitrogens is 2. The first-order chi connectivity index (χ1) is 14.7. The lowest BCUT2D eigenvalue weighted by atomic mass is 9.90. The summed E-state index contributed by atoms with van der Waals surface area (Å²) < 4.78 is 0. The van der Waals surface area contributed by atoms with Gasteiger partial charge in [0, 0.05) is 18.3 Å². The van der Waals surface area contributed by atoms with Gasteiger partial charge < -0.3 is 31.7 Å². The second kappa shape index (κ2) is 9.60. The zero-order valence-corrected chi connectivity index (χ0v) is 17.3. The van der Waals surface area contributed by atoms with Gasteiger partial charge in [-0.25, -0.2) is 4.79 Å². The summed E-state index contributed by atoms with van der Waals surface area (Å²) >= 11 is 1.34.